The number of nitrogens with one attached hydrogen (secondary N) is 3. The smallest absolute Gasteiger partial charge is 0.326 e. The molecule has 4 atom stereocenters. The van der Waals surface area contributed by atoms with Crippen LogP contribution in [0.3, 0.4) is 0 Å². The molecule has 13 nitrogen and oxygen atoms in total. The van der Waals surface area contributed by atoms with Gasteiger partial charge in [0.2, 0.25) is 23.6 Å². The number of carboxylic acid groups (broad SMARTS) is 2. The van der Waals surface area contributed by atoms with Crippen molar-refractivity contribution in [1.29, 1.82) is 0 Å². The fourth-order valence-electron chi connectivity index (χ4n) is 2.90. The Labute approximate surface area is 206 Å². The second kappa shape index (κ2) is 14.6. The zero-order chi connectivity index (χ0) is 26.5. The molecule has 0 spiro atoms. The van der Waals surface area contributed by atoms with Gasteiger partial charge in [0.15, 0.2) is 0 Å². The Kier molecular flexibility index (Phi) is 12.2. The zero-order valence-electron chi connectivity index (χ0n) is 18.7. The average Bonchev–Trinajstić information content (AvgIpc) is 2.80. The Bertz CT molecular complexity index is 930. The van der Waals surface area contributed by atoms with Crippen LogP contribution in [0.2, 0.25) is 0 Å². The molecule has 9 N–H and O–H groups in total. The highest BCUT2D eigenvalue weighted by atomic mass is 32.1. The van der Waals surface area contributed by atoms with E-state index in [-0.39, 0.29) is 25.0 Å². The number of thiol groups is 1. The Hall–Kier alpha value is -3.65. The molecule has 192 valence electrons. The molecule has 1 aromatic rings. The number of nitrogens with two attached hydrogens (primary N) is 2. The van der Waals surface area contributed by atoms with Crippen molar-refractivity contribution in [2.45, 2.75) is 49.9 Å². The van der Waals surface area contributed by atoms with Crippen LogP contribution >= 0.6 is 12.6 Å². The van der Waals surface area contributed by atoms with E-state index >= 15 is 0 Å². The lowest BCUT2D eigenvalue weighted by Crippen LogP contribution is -2.58. The SMILES string of the molecule is NC(=O)CCC(NC(=O)C(N)CS)C(=O)NC(Cc1ccccc1)C(=O)NC(CC(=O)O)C(=O)O. The highest BCUT2D eigenvalue weighted by Gasteiger charge is 2.31. The monoisotopic (exact) mass is 511 g/mol. The molecular formula is C21H29N5O8S. The van der Waals surface area contributed by atoms with Crippen molar-refractivity contribution in [1.82, 2.24) is 16.0 Å². The van der Waals surface area contributed by atoms with Gasteiger partial charge in [0.25, 0.3) is 0 Å². The van der Waals surface area contributed by atoms with Gasteiger partial charge in [-0.25, -0.2) is 4.79 Å². The molecule has 1 rings (SSSR count). The van der Waals surface area contributed by atoms with E-state index in [2.05, 4.69) is 28.6 Å². The number of aliphatic carboxylic acids is 2. The third kappa shape index (κ3) is 10.9. The summed E-state index contributed by atoms with van der Waals surface area (Å²) in [4.78, 5) is 71.6. The van der Waals surface area contributed by atoms with Gasteiger partial charge in [-0.1, -0.05) is 30.3 Å². The topological polar surface area (TPSA) is 231 Å². The van der Waals surface area contributed by atoms with Crippen molar-refractivity contribution in [2.75, 3.05) is 5.75 Å². The van der Waals surface area contributed by atoms with E-state index in [4.69, 9.17) is 16.6 Å². The molecule has 35 heavy (non-hydrogen) atoms. The molecule has 0 radical (unpaired) electrons. The molecular weight excluding hydrogens is 482 g/mol. The summed E-state index contributed by atoms with van der Waals surface area (Å²) in [5.74, 6) is -6.30. The molecule has 0 aliphatic rings. The lowest BCUT2D eigenvalue weighted by molar-refractivity contribution is -0.147. The van der Waals surface area contributed by atoms with Crippen LogP contribution in [0, 0.1) is 0 Å². The van der Waals surface area contributed by atoms with Crippen molar-refractivity contribution in [3.63, 3.8) is 0 Å². The Morgan fingerprint density at radius 1 is 0.857 bits per heavy atom. The van der Waals surface area contributed by atoms with Crippen LogP contribution in [0.1, 0.15) is 24.8 Å². The molecule has 14 heteroatoms. The van der Waals surface area contributed by atoms with E-state index in [9.17, 15) is 33.9 Å². The van der Waals surface area contributed by atoms with Crippen molar-refractivity contribution in [3.05, 3.63) is 35.9 Å². The minimum Gasteiger partial charge on any atom is -0.481 e. The number of rotatable bonds is 15. The lowest BCUT2D eigenvalue weighted by Gasteiger charge is -2.25. The van der Waals surface area contributed by atoms with Crippen LogP contribution in [0.15, 0.2) is 30.3 Å². The average molecular weight is 512 g/mol. The van der Waals surface area contributed by atoms with Gasteiger partial charge in [0.05, 0.1) is 12.5 Å². The summed E-state index contributed by atoms with van der Waals surface area (Å²) in [6.45, 7) is 0. The normalized spacial score (nSPS) is 14.0. The van der Waals surface area contributed by atoms with Gasteiger partial charge in [0.1, 0.15) is 18.1 Å². The molecule has 0 fully saturated rings. The molecule has 0 heterocycles. The molecule has 0 saturated heterocycles. The first-order valence-corrected chi connectivity index (χ1v) is 11.1. The first-order valence-electron chi connectivity index (χ1n) is 10.5. The minimum absolute atomic E-state index is 0.0187. The summed E-state index contributed by atoms with van der Waals surface area (Å²) in [7, 11) is 0. The van der Waals surface area contributed by atoms with Gasteiger partial charge in [-0.05, 0) is 12.0 Å². The molecule has 4 unspecified atom stereocenters. The lowest BCUT2D eigenvalue weighted by atomic mass is 10.0. The minimum atomic E-state index is -1.74. The molecule has 1 aromatic carbocycles. The van der Waals surface area contributed by atoms with Gasteiger partial charge in [0, 0.05) is 18.6 Å². The van der Waals surface area contributed by atoms with Crippen molar-refractivity contribution < 1.29 is 39.0 Å². The van der Waals surface area contributed by atoms with E-state index in [0.717, 1.165) is 0 Å². The van der Waals surface area contributed by atoms with E-state index in [1.54, 1.807) is 30.3 Å². The maximum Gasteiger partial charge on any atom is 0.326 e. The summed E-state index contributed by atoms with van der Waals surface area (Å²) in [6, 6.07) is 3.01. The molecule has 0 aliphatic heterocycles. The summed E-state index contributed by atoms with van der Waals surface area (Å²) in [5, 5.41) is 25.1. The molecule has 0 bridgehead atoms. The largest absolute Gasteiger partial charge is 0.481 e. The van der Waals surface area contributed by atoms with Crippen molar-refractivity contribution in [3.8, 4) is 0 Å². The number of benzene rings is 1. The first-order chi connectivity index (χ1) is 16.4. The molecule has 4 amide bonds. The van der Waals surface area contributed by atoms with Crippen LogP contribution in [-0.4, -0.2) is 75.7 Å². The third-order valence-electron chi connectivity index (χ3n) is 4.75. The highest BCUT2D eigenvalue weighted by molar-refractivity contribution is 7.80. The molecule has 0 saturated carbocycles. The maximum absolute atomic E-state index is 13.0. The van der Waals surface area contributed by atoms with E-state index in [1.807, 2.05) is 0 Å². The number of primary amides is 1. The number of hydrogen-bond donors (Lipinski definition) is 8. The molecule has 0 aromatic heterocycles. The predicted molar refractivity (Wildman–Crippen MR) is 126 cm³/mol. The van der Waals surface area contributed by atoms with Gasteiger partial charge in [-0.3, -0.25) is 24.0 Å². The number of hydrogen-bond acceptors (Lipinski definition) is 8. The van der Waals surface area contributed by atoms with Crippen molar-refractivity contribution in [2.24, 2.45) is 11.5 Å². The van der Waals surface area contributed by atoms with E-state index in [1.165, 1.54) is 0 Å². The standard InChI is InChI=1S/C21H29N5O8S/c22-12(10-35)18(30)24-13(6-7-16(23)27)19(31)25-14(8-11-4-2-1-3-5-11)20(32)26-15(21(33)34)9-17(28)29/h1-5,12-15,35H,6-10,22H2,(H2,23,27)(H,24,30)(H,25,31)(H,26,32)(H,28,29)(H,33,34). The number of carboxylic acids is 2. The summed E-state index contributed by atoms with van der Waals surface area (Å²) >= 11 is 3.92. The highest BCUT2D eigenvalue weighted by Crippen LogP contribution is 2.07. The molecule has 0 aliphatic carbocycles. The van der Waals surface area contributed by atoms with E-state index in [0.29, 0.717) is 5.56 Å². The predicted octanol–water partition coefficient (Wildman–Crippen LogP) is -2.23. The van der Waals surface area contributed by atoms with E-state index < -0.39 is 66.2 Å². The second-order valence-electron chi connectivity index (χ2n) is 7.60. The van der Waals surface area contributed by atoms with Gasteiger partial charge in [-0.15, -0.1) is 0 Å². The Morgan fingerprint density at radius 3 is 1.91 bits per heavy atom. The second-order valence-corrected chi connectivity index (χ2v) is 7.97. The summed E-state index contributed by atoms with van der Waals surface area (Å²) < 4.78 is 0. The quantitative estimate of drug-likeness (QED) is 0.119. The van der Waals surface area contributed by atoms with Crippen LogP contribution < -0.4 is 27.4 Å². The van der Waals surface area contributed by atoms with Crippen LogP contribution in [0.4, 0.5) is 0 Å². The Balaban J connectivity index is 3.14. The maximum atomic E-state index is 13.0. The zero-order valence-corrected chi connectivity index (χ0v) is 19.6. The fourth-order valence-corrected chi connectivity index (χ4v) is 3.06. The Morgan fingerprint density at radius 2 is 1.40 bits per heavy atom. The third-order valence-corrected chi connectivity index (χ3v) is 5.15. The van der Waals surface area contributed by atoms with Crippen LogP contribution in [-0.2, 0) is 35.2 Å². The van der Waals surface area contributed by atoms with Crippen molar-refractivity contribution >= 4 is 48.2 Å². The van der Waals surface area contributed by atoms with Crippen LogP contribution in [0.5, 0.6) is 0 Å². The van der Waals surface area contributed by atoms with Gasteiger partial charge in [-0.2, -0.15) is 12.6 Å². The number of carbonyl (C=O) groups is 6. The number of carbonyl (C=O) groups excluding carboxylic acids is 4. The summed E-state index contributed by atoms with van der Waals surface area (Å²) in [5.41, 5.74) is 11.4. The van der Waals surface area contributed by atoms with Crippen LogP contribution in [0.25, 0.3) is 0 Å². The summed E-state index contributed by atoms with van der Waals surface area (Å²) in [6.07, 6.45) is -1.41. The van der Waals surface area contributed by atoms with Gasteiger partial charge < -0.3 is 37.6 Å². The first kappa shape index (κ1) is 29.4. The van der Waals surface area contributed by atoms with Gasteiger partial charge >= 0.3 is 11.9 Å². The fraction of sp³-hybridized carbons (Fsp3) is 0.429. The number of amides is 4.